The first-order valence-corrected chi connectivity index (χ1v) is 6.59. The molecule has 1 unspecified atom stereocenters. The summed E-state index contributed by atoms with van der Waals surface area (Å²) in [4.78, 5) is 1.17. The highest BCUT2D eigenvalue weighted by molar-refractivity contribution is 9.10. The van der Waals surface area contributed by atoms with Gasteiger partial charge >= 0.3 is 0 Å². The Morgan fingerprint density at radius 1 is 1.53 bits per heavy atom. The van der Waals surface area contributed by atoms with Gasteiger partial charge in [0.1, 0.15) is 0 Å². The molecular formula is C11H17BrO2S. The maximum absolute atomic E-state index is 9.77. The molecule has 1 N–H and O–H groups in total. The smallest absolute Gasteiger partial charge is 0.0822 e. The van der Waals surface area contributed by atoms with Gasteiger partial charge in [-0.25, -0.2) is 0 Å². The van der Waals surface area contributed by atoms with Crippen molar-refractivity contribution in [1.82, 2.24) is 0 Å². The van der Waals surface area contributed by atoms with E-state index in [0.29, 0.717) is 13.0 Å². The Morgan fingerprint density at radius 3 is 2.67 bits per heavy atom. The van der Waals surface area contributed by atoms with Crippen LogP contribution < -0.4 is 0 Å². The molecule has 1 atom stereocenters. The number of thiophene rings is 1. The van der Waals surface area contributed by atoms with Crippen LogP contribution in [-0.2, 0) is 11.2 Å². The Morgan fingerprint density at radius 2 is 2.20 bits per heavy atom. The Kier molecular flexibility index (Phi) is 4.77. The first-order valence-electron chi connectivity index (χ1n) is 4.92. The minimum absolute atomic E-state index is 0.187. The van der Waals surface area contributed by atoms with Crippen LogP contribution in [0.4, 0.5) is 0 Å². The van der Waals surface area contributed by atoms with Crippen LogP contribution in [0.3, 0.4) is 0 Å². The summed E-state index contributed by atoms with van der Waals surface area (Å²) in [6.07, 6.45) is 0.216. The summed E-state index contributed by atoms with van der Waals surface area (Å²) in [5.41, 5.74) is -0.187. The van der Waals surface area contributed by atoms with Crippen molar-refractivity contribution < 1.29 is 9.84 Å². The van der Waals surface area contributed by atoms with E-state index in [1.54, 1.807) is 11.3 Å². The molecule has 0 spiro atoms. The molecule has 1 heterocycles. The predicted octanol–water partition coefficient (Wildman–Crippen LogP) is 3.23. The summed E-state index contributed by atoms with van der Waals surface area (Å²) in [5, 5.41) is 11.8. The van der Waals surface area contributed by atoms with E-state index in [-0.39, 0.29) is 5.60 Å². The summed E-state index contributed by atoms with van der Waals surface area (Å²) < 4.78 is 6.59. The standard InChI is InChI=1S/C11H17BrO2S/c1-11(2,3)14-7-8(13)6-10-9(12)4-5-15-10/h4-5,8,13H,6-7H2,1-3H3. The summed E-state index contributed by atoms with van der Waals surface area (Å²) in [6.45, 7) is 6.34. The van der Waals surface area contributed by atoms with Crippen molar-refractivity contribution in [1.29, 1.82) is 0 Å². The quantitative estimate of drug-likeness (QED) is 0.923. The molecule has 1 rings (SSSR count). The fourth-order valence-corrected chi connectivity index (χ4v) is 2.68. The van der Waals surface area contributed by atoms with E-state index >= 15 is 0 Å². The maximum atomic E-state index is 9.77. The van der Waals surface area contributed by atoms with Crippen LogP contribution in [0.15, 0.2) is 15.9 Å². The lowest BCUT2D eigenvalue weighted by Crippen LogP contribution is -2.27. The molecule has 15 heavy (non-hydrogen) atoms. The number of aliphatic hydroxyl groups excluding tert-OH is 1. The number of hydrogen-bond donors (Lipinski definition) is 1. The number of aliphatic hydroxyl groups is 1. The van der Waals surface area contributed by atoms with Crippen molar-refractivity contribution in [3.05, 3.63) is 20.8 Å². The lowest BCUT2D eigenvalue weighted by atomic mass is 10.2. The van der Waals surface area contributed by atoms with Crippen molar-refractivity contribution in [3.8, 4) is 0 Å². The van der Waals surface area contributed by atoms with E-state index in [1.165, 1.54) is 4.88 Å². The third-order valence-electron chi connectivity index (χ3n) is 1.82. The predicted molar refractivity (Wildman–Crippen MR) is 67.4 cm³/mol. The normalized spacial score (nSPS) is 14.2. The van der Waals surface area contributed by atoms with Gasteiger partial charge < -0.3 is 9.84 Å². The zero-order chi connectivity index (χ0) is 11.5. The maximum Gasteiger partial charge on any atom is 0.0822 e. The number of ether oxygens (including phenoxy) is 1. The van der Waals surface area contributed by atoms with E-state index in [0.717, 1.165) is 4.47 Å². The molecule has 1 aromatic rings. The fraction of sp³-hybridized carbons (Fsp3) is 0.636. The minimum atomic E-state index is -0.431. The first-order chi connectivity index (χ1) is 6.88. The van der Waals surface area contributed by atoms with Gasteiger partial charge in [0.2, 0.25) is 0 Å². The molecule has 1 aromatic heterocycles. The number of halogens is 1. The van der Waals surface area contributed by atoms with Crippen LogP contribution in [0.2, 0.25) is 0 Å². The third-order valence-corrected chi connectivity index (χ3v) is 3.77. The summed E-state index contributed by atoms with van der Waals surface area (Å²) >= 11 is 5.09. The van der Waals surface area contributed by atoms with Gasteiger partial charge in [-0.05, 0) is 48.1 Å². The highest BCUT2D eigenvalue weighted by Gasteiger charge is 2.15. The van der Waals surface area contributed by atoms with Crippen LogP contribution in [0.1, 0.15) is 25.6 Å². The molecule has 0 amide bonds. The van der Waals surface area contributed by atoms with Gasteiger partial charge in [-0.1, -0.05) is 0 Å². The van der Waals surface area contributed by atoms with E-state index in [9.17, 15) is 5.11 Å². The molecule has 86 valence electrons. The van der Waals surface area contributed by atoms with Gasteiger partial charge in [-0.3, -0.25) is 0 Å². The topological polar surface area (TPSA) is 29.5 Å². The summed E-state index contributed by atoms with van der Waals surface area (Å²) in [6, 6.07) is 2.00. The summed E-state index contributed by atoms with van der Waals surface area (Å²) in [5.74, 6) is 0. The van der Waals surface area contributed by atoms with Crippen LogP contribution in [0.5, 0.6) is 0 Å². The SMILES string of the molecule is CC(C)(C)OCC(O)Cc1sccc1Br. The lowest BCUT2D eigenvalue weighted by molar-refractivity contribution is -0.0480. The van der Waals surface area contributed by atoms with Gasteiger partial charge in [-0.2, -0.15) is 0 Å². The van der Waals surface area contributed by atoms with Gasteiger partial charge in [0.25, 0.3) is 0 Å². The van der Waals surface area contributed by atoms with Crippen LogP contribution in [0, 0.1) is 0 Å². The van der Waals surface area contributed by atoms with Crippen molar-refractivity contribution in [2.45, 2.75) is 38.9 Å². The Labute approximate surface area is 103 Å². The zero-order valence-corrected chi connectivity index (χ0v) is 11.7. The van der Waals surface area contributed by atoms with Gasteiger partial charge in [0.15, 0.2) is 0 Å². The number of hydrogen-bond acceptors (Lipinski definition) is 3. The Hall–Kier alpha value is 0.100. The molecule has 0 fully saturated rings. The molecular weight excluding hydrogens is 276 g/mol. The fourth-order valence-electron chi connectivity index (χ4n) is 1.09. The van der Waals surface area contributed by atoms with Crippen LogP contribution in [-0.4, -0.2) is 23.4 Å². The molecule has 4 heteroatoms. The monoisotopic (exact) mass is 292 g/mol. The zero-order valence-electron chi connectivity index (χ0n) is 9.29. The van der Waals surface area contributed by atoms with Gasteiger partial charge in [-0.15, -0.1) is 11.3 Å². The van der Waals surface area contributed by atoms with Crippen LogP contribution in [0.25, 0.3) is 0 Å². The Bertz CT molecular complexity index is 304. The van der Waals surface area contributed by atoms with Crippen molar-refractivity contribution in [3.63, 3.8) is 0 Å². The van der Waals surface area contributed by atoms with Crippen LogP contribution >= 0.6 is 27.3 Å². The highest BCUT2D eigenvalue weighted by atomic mass is 79.9. The lowest BCUT2D eigenvalue weighted by Gasteiger charge is -2.21. The second kappa shape index (κ2) is 5.43. The molecule has 0 saturated heterocycles. The average molecular weight is 293 g/mol. The second-order valence-corrected chi connectivity index (χ2v) is 6.33. The molecule has 0 aliphatic heterocycles. The third kappa shape index (κ3) is 5.11. The molecule has 0 bridgehead atoms. The summed E-state index contributed by atoms with van der Waals surface area (Å²) in [7, 11) is 0. The van der Waals surface area contributed by atoms with Gasteiger partial charge in [0.05, 0.1) is 18.3 Å². The molecule has 0 saturated carbocycles. The van der Waals surface area contributed by atoms with Crippen molar-refractivity contribution >= 4 is 27.3 Å². The van der Waals surface area contributed by atoms with Crippen molar-refractivity contribution in [2.24, 2.45) is 0 Å². The Balaban J connectivity index is 2.37. The minimum Gasteiger partial charge on any atom is -0.390 e. The van der Waals surface area contributed by atoms with E-state index in [2.05, 4.69) is 15.9 Å². The average Bonchev–Trinajstić information content (AvgIpc) is 2.47. The molecule has 0 aliphatic rings. The van der Waals surface area contributed by atoms with E-state index in [1.807, 2.05) is 32.2 Å². The highest BCUT2D eigenvalue weighted by Crippen LogP contribution is 2.24. The van der Waals surface area contributed by atoms with E-state index in [4.69, 9.17) is 4.74 Å². The molecule has 0 radical (unpaired) electrons. The second-order valence-electron chi connectivity index (χ2n) is 4.47. The van der Waals surface area contributed by atoms with E-state index < -0.39 is 6.10 Å². The van der Waals surface area contributed by atoms with Crippen molar-refractivity contribution in [2.75, 3.05) is 6.61 Å². The molecule has 2 nitrogen and oxygen atoms in total. The largest absolute Gasteiger partial charge is 0.390 e. The molecule has 0 aromatic carbocycles. The molecule has 0 aliphatic carbocycles. The van der Waals surface area contributed by atoms with Gasteiger partial charge in [0, 0.05) is 15.8 Å². The number of rotatable bonds is 4. The first kappa shape index (κ1) is 13.2.